The summed E-state index contributed by atoms with van der Waals surface area (Å²) in [6, 6.07) is 21.8. The number of ether oxygens (including phenoxy) is 1. The van der Waals surface area contributed by atoms with Gasteiger partial charge in [0.15, 0.2) is 0 Å². The zero-order valence-corrected chi connectivity index (χ0v) is 17.2. The van der Waals surface area contributed by atoms with Crippen LogP contribution in [-0.2, 0) is 14.9 Å². The van der Waals surface area contributed by atoms with Gasteiger partial charge in [-0.1, -0.05) is 42.5 Å². The highest BCUT2D eigenvalue weighted by Crippen LogP contribution is 2.51. The summed E-state index contributed by atoms with van der Waals surface area (Å²) < 4.78 is 37.8. The van der Waals surface area contributed by atoms with Gasteiger partial charge in [-0.15, -0.1) is 0 Å². The van der Waals surface area contributed by atoms with Crippen LogP contribution in [-0.4, -0.2) is 36.1 Å². The van der Waals surface area contributed by atoms with Crippen LogP contribution in [0.4, 0.5) is 0 Å². The fraction of sp³-hybridized carbons (Fsp3) is 0.167. The molecular formula is C24H20O6S. The minimum Gasteiger partial charge on any atom is -0.508 e. The smallest absolute Gasteiger partial charge is 0.315 e. The highest BCUT2D eigenvalue weighted by Gasteiger charge is 2.53. The number of para-hydroxylation sites is 1. The Morgan fingerprint density at radius 1 is 0.774 bits per heavy atom. The number of benzene rings is 3. The number of hydrogen-bond donors (Lipinski definition) is 2. The summed E-state index contributed by atoms with van der Waals surface area (Å²) in [5, 5.41) is 18.5. The van der Waals surface area contributed by atoms with Crippen molar-refractivity contribution in [3.8, 4) is 17.2 Å². The Morgan fingerprint density at radius 3 is 1.90 bits per heavy atom. The maximum absolute atomic E-state index is 13.1. The Kier molecular flexibility index (Phi) is 4.72. The predicted octanol–water partition coefficient (Wildman–Crippen LogP) is 3.96. The lowest BCUT2D eigenvalue weighted by Gasteiger charge is -2.24. The van der Waals surface area contributed by atoms with Crippen LogP contribution in [0.3, 0.4) is 0 Å². The van der Waals surface area contributed by atoms with E-state index >= 15 is 0 Å². The molecule has 7 heteroatoms. The van der Waals surface area contributed by atoms with Gasteiger partial charge in [0.1, 0.15) is 28.6 Å². The van der Waals surface area contributed by atoms with Crippen LogP contribution in [0, 0.1) is 0 Å². The van der Waals surface area contributed by atoms with E-state index in [0.29, 0.717) is 0 Å². The molecule has 5 rings (SSSR count). The molecule has 3 aromatic carbocycles. The third-order valence-corrected chi connectivity index (χ3v) is 7.28. The van der Waals surface area contributed by atoms with Gasteiger partial charge in [-0.3, -0.25) is 0 Å². The van der Waals surface area contributed by atoms with Gasteiger partial charge in [-0.05, 0) is 58.7 Å². The average molecular weight is 436 g/mol. The van der Waals surface area contributed by atoms with E-state index in [4.69, 9.17) is 8.92 Å². The first kappa shape index (κ1) is 19.7. The van der Waals surface area contributed by atoms with Crippen molar-refractivity contribution in [1.82, 2.24) is 0 Å². The number of fused-ring (bicyclic) bond motifs is 2. The molecule has 0 saturated carbocycles. The van der Waals surface area contributed by atoms with E-state index in [2.05, 4.69) is 0 Å². The standard InChI is InChI=1S/C24H20O6S/c25-17-10-6-15(7-11-17)22-20-14-21(31(27,28)30-19-4-2-1-3-5-19)24(29-20)23(22)16-8-12-18(26)13-9-16/h1-13,20-21,24-26H,14H2/t20-,21+,24+/m1/s1. The van der Waals surface area contributed by atoms with Gasteiger partial charge >= 0.3 is 10.1 Å². The molecule has 0 aromatic heterocycles. The lowest BCUT2D eigenvalue weighted by Crippen LogP contribution is -2.35. The number of hydrogen-bond acceptors (Lipinski definition) is 6. The minimum atomic E-state index is -3.95. The maximum atomic E-state index is 13.1. The molecule has 31 heavy (non-hydrogen) atoms. The third kappa shape index (κ3) is 3.56. The summed E-state index contributed by atoms with van der Waals surface area (Å²) in [4.78, 5) is 0. The third-order valence-electron chi connectivity index (χ3n) is 5.67. The summed E-state index contributed by atoms with van der Waals surface area (Å²) in [6.07, 6.45) is -0.845. The Balaban J connectivity index is 1.58. The topological polar surface area (TPSA) is 93.1 Å². The Bertz CT molecular complexity index is 1230. The monoisotopic (exact) mass is 436 g/mol. The Hall–Kier alpha value is -3.29. The van der Waals surface area contributed by atoms with Crippen molar-refractivity contribution in [2.45, 2.75) is 23.9 Å². The lowest BCUT2D eigenvalue weighted by atomic mass is 9.83. The molecule has 0 amide bonds. The van der Waals surface area contributed by atoms with Gasteiger partial charge in [0.25, 0.3) is 0 Å². The molecule has 3 aromatic rings. The molecule has 1 fully saturated rings. The van der Waals surface area contributed by atoms with Gasteiger partial charge in [0.05, 0.1) is 6.10 Å². The Labute approximate surface area is 180 Å². The average Bonchev–Trinajstić information content (AvgIpc) is 3.35. The van der Waals surface area contributed by atoms with Gasteiger partial charge in [-0.25, -0.2) is 0 Å². The minimum absolute atomic E-state index is 0.121. The van der Waals surface area contributed by atoms with Crippen LogP contribution < -0.4 is 4.18 Å². The van der Waals surface area contributed by atoms with Crippen LogP contribution >= 0.6 is 0 Å². The van der Waals surface area contributed by atoms with Gasteiger partial charge < -0.3 is 19.1 Å². The lowest BCUT2D eigenvalue weighted by molar-refractivity contribution is 0.128. The fourth-order valence-electron chi connectivity index (χ4n) is 4.31. The second-order valence-corrected chi connectivity index (χ2v) is 9.39. The normalized spacial score (nSPS) is 22.6. The molecule has 2 aliphatic heterocycles. The molecule has 2 heterocycles. The molecular weight excluding hydrogens is 416 g/mol. The quantitative estimate of drug-likeness (QED) is 0.588. The number of phenols is 2. The molecule has 6 nitrogen and oxygen atoms in total. The molecule has 2 bridgehead atoms. The second kappa shape index (κ2) is 7.44. The van der Waals surface area contributed by atoms with Crippen molar-refractivity contribution in [1.29, 1.82) is 0 Å². The fourth-order valence-corrected chi connectivity index (χ4v) is 5.72. The predicted molar refractivity (Wildman–Crippen MR) is 116 cm³/mol. The molecule has 3 atom stereocenters. The zero-order chi connectivity index (χ0) is 21.6. The maximum Gasteiger partial charge on any atom is 0.315 e. The first-order valence-electron chi connectivity index (χ1n) is 9.89. The first-order chi connectivity index (χ1) is 14.9. The molecule has 0 unspecified atom stereocenters. The van der Waals surface area contributed by atoms with Crippen molar-refractivity contribution in [3.63, 3.8) is 0 Å². The molecule has 2 aliphatic rings. The summed E-state index contributed by atoms with van der Waals surface area (Å²) in [6.45, 7) is 0. The van der Waals surface area contributed by atoms with E-state index in [0.717, 1.165) is 22.3 Å². The van der Waals surface area contributed by atoms with Gasteiger partial charge in [0, 0.05) is 6.42 Å². The van der Waals surface area contributed by atoms with E-state index < -0.39 is 27.6 Å². The largest absolute Gasteiger partial charge is 0.508 e. The molecule has 158 valence electrons. The van der Waals surface area contributed by atoms with E-state index in [9.17, 15) is 18.6 Å². The highest BCUT2D eigenvalue weighted by atomic mass is 32.2. The first-order valence-corrected chi connectivity index (χ1v) is 11.4. The van der Waals surface area contributed by atoms with Crippen molar-refractivity contribution >= 4 is 21.3 Å². The van der Waals surface area contributed by atoms with Gasteiger partial charge in [-0.2, -0.15) is 8.42 Å². The molecule has 2 N–H and O–H groups in total. The zero-order valence-electron chi connectivity index (χ0n) is 16.4. The molecule has 1 saturated heterocycles. The number of phenolic OH excluding ortho intramolecular Hbond substituents is 2. The van der Waals surface area contributed by atoms with Crippen LogP contribution in [0.2, 0.25) is 0 Å². The van der Waals surface area contributed by atoms with E-state index in [1.807, 2.05) is 0 Å². The number of rotatable bonds is 5. The van der Waals surface area contributed by atoms with Crippen molar-refractivity contribution < 1.29 is 27.6 Å². The second-order valence-electron chi connectivity index (χ2n) is 7.63. The summed E-state index contributed by atoms with van der Waals surface area (Å²) in [7, 11) is -3.95. The molecule has 0 aliphatic carbocycles. The Morgan fingerprint density at radius 2 is 1.32 bits per heavy atom. The highest BCUT2D eigenvalue weighted by molar-refractivity contribution is 7.87. The van der Waals surface area contributed by atoms with Crippen LogP contribution in [0.25, 0.3) is 11.1 Å². The number of aromatic hydroxyl groups is 2. The van der Waals surface area contributed by atoms with E-state index in [-0.39, 0.29) is 23.7 Å². The van der Waals surface area contributed by atoms with Crippen molar-refractivity contribution in [2.75, 3.05) is 0 Å². The van der Waals surface area contributed by atoms with Gasteiger partial charge in [0.2, 0.25) is 0 Å². The van der Waals surface area contributed by atoms with Crippen LogP contribution in [0.5, 0.6) is 17.2 Å². The van der Waals surface area contributed by atoms with Crippen LogP contribution in [0.1, 0.15) is 17.5 Å². The SMILES string of the molecule is O=S(=O)(Oc1ccccc1)[C@H]1C[C@H]2O[C@@H]1C(c1ccc(O)cc1)=C2c1ccc(O)cc1. The molecule has 0 spiro atoms. The van der Waals surface area contributed by atoms with E-state index in [1.54, 1.807) is 78.9 Å². The molecule has 0 radical (unpaired) electrons. The summed E-state index contributed by atoms with van der Waals surface area (Å²) in [5.41, 5.74) is 3.27. The van der Waals surface area contributed by atoms with E-state index in [1.165, 1.54) is 0 Å². The van der Waals surface area contributed by atoms with Crippen LogP contribution in [0.15, 0.2) is 78.9 Å². The summed E-state index contributed by atoms with van der Waals surface area (Å²) >= 11 is 0. The van der Waals surface area contributed by atoms with Crippen molar-refractivity contribution in [2.24, 2.45) is 0 Å². The van der Waals surface area contributed by atoms with Crippen molar-refractivity contribution in [3.05, 3.63) is 90.0 Å². The summed E-state index contributed by atoms with van der Waals surface area (Å²) in [5.74, 6) is 0.534.